The Labute approximate surface area is 125 Å². The maximum Gasteiger partial charge on any atom is 0.220 e. The fourth-order valence-electron chi connectivity index (χ4n) is 2.24. The van der Waals surface area contributed by atoms with E-state index in [1.807, 2.05) is 36.0 Å². The average Bonchev–Trinajstić information content (AvgIpc) is 3.11. The molecule has 3 aromatic rings. The van der Waals surface area contributed by atoms with Gasteiger partial charge in [-0.25, -0.2) is 4.98 Å². The van der Waals surface area contributed by atoms with Gasteiger partial charge in [0.25, 0.3) is 0 Å². The summed E-state index contributed by atoms with van der Waals surface area (Å²) in [5.74, 6) is 0.793. The van der Waals surface area contributed by atoms with E-state index in [9.17, 15) is 4.79 Å². The maximum atomic E-state index is 11.9. The number of hydrogen-bond donors (Lipinski definition) is 1. The van der Waals surface area contributed by atoms with Crippen LogP contribution in [0.5, 0.6) is 0 Å². The number of amides is 1. The number of carbonyl (C=O) groups is 1. The highest BCUT2D eigenvalue weighted by molar-refractivity contribution is 7.15. The molecule has 0 aliphatic carbocycles. The Balaban J connectivity index is 1.51. The molecule has 21 heavy (non-hydrogen) atoms. The van der Waals surface area contributed by atoms with Crippen LogP contribution in [0.15, 0.2) is 22.3 Å². The highest BCUT2D eigenvalue weighted by atomic mass is 32.1. The third-order valence-electron chi connectivity index (χ3n) is 3.39. The van der Waals surface area contributed by atoms with Gasteiger partial charge in [-0.1, -0.05) is 5.16 Å². The summed E-state index contributed by atoms with van der Waals surface area (Å²) in [6.45, 7) is 4.21. The molecule has 0 aliphatic heterocycles. The molecule has 1 amide bonds. The van der Waals surface area contributed by atoms with E-state index in [0.717, 1.165) is 27.7 Å². The topological polar surface area (TPSA) is 72.4 Å². The lowest BCUT2D eigenvalue weighted by molar-refractivity contribution is -0.121. The molecule has 3 aromatic heterocycles. The van der Waals surface area contributed by atoms with E-state index >= 15 is 0 Å². The van der Waals surface area contributed by atoms with Gasteiger partial charge in [0.2, 0.25) is 5.91 Å². The van der Waals surface area contributed by atoms with Crippen LogP contribution in [-0.4, -0.2) is 20.4 Å². The fourth-order valence-corrected chi connectivity index (χ4v) is 2.96. The van der Waals surface area contributed by atoms with Gasteiger partial charge in [0.05, 0.1) is 17.9 Å². The van der Waals surface area contributed by atoms with Crippen molar-refractivity contribution < 1.29 is 9.32 Å². The van der Waals surface area contributed by atoms with Crippen LogP contribution in [0, 0.1) is 13.8 Å². The van der Waals surface area contributed by atoms with Crippen molar-refractivity contribution in [2.75, 3.05) is 0 Å². The summed E-state index contributed by atoms with van der Waals surface area (Å²) in [6.07, 6.45) is 4.95. The molecular formula is C14H16N4O2S. The summed E-state index contributed by atoms with van der Waals surface area (Å²) in [7, 11) is 0. The number of thiazole rings is 1. The van der Waals surface area contributed by atoms with Gasteiger partial charge in [-0.15, -0.1) is 11.3 Å². The molecule has 0 bridgehead atoms. The second-order valence-electron chi connectivity index (χ2n) is 4.90. The molecule has 3 heterocycles. The molecule has 0 atom stereocenters. The minimum absolute atomic E-state index is 0.00588. The number of aromatic nitrogens is 3. The van der Waals surface area contributed by atoms with Crippen molar-refractivity contribution in [2.45, 2.75) is 33.2 Å². The van der Waals surface area contributed by atoms with Gasteiger partial charge in [0.15, 0.2) is 4.96 Å². The first kappa shape index (κ1) is 13.8. The number of nitrogens with zero attached hydrogens (tertiary/aromatic N) is 3. The van der Waals surface area contributed by atoms with Crippen molar-refractivity contribution in [3.8, 4) is 0 Å². The van der Waals surface area contributed by atoms with Crippen molar-refractivity contribution in [3.05, 3.63) is 40.5 Å². The van der Waals surface area contributed by atoms with E-state index in [1.165, 1.54) is 0 Å². The van der Waals surface area contributed by atoms with Crippen LogP contribution < -0.4 is 5.32 Å². The summed E-state index contributed by atoms with van der Waals surface area (Å²) in [5, 5.41) is 8.76. The van der Waals surface area contributed by atoms with E-state index in [2.05, 4.69) is 15.5 Å². The van der Waals surface area contributed by atoms with Crippen LogP contribution in [0.3, 0.4) is 0 Å². The smallest absolute Gasteiger partial charge is 0.220 e. The van der Waals surface area contributed by atoms with Gasteiger partial charge in [-0.3, -0.25) is 9.20 Å². The van der Waals surface area contributed by atoms with Gasteiger partial charge in [-0.2, -0.15) is 0 Å². The summed E-state index contributed by atoms with van der Waals surface area (Å²) in [5.41, 5.74) is 2.75. The maximum absolute atomic E-state index is 11.9. The first-order valence-corrected chi connectivity index (χ1v) is 7.61. The first-order chi connectivity index (χ1) is 10.1. The van der Waals surface area contributed by atoms with Crippen LogP contribution in [0.2, 0.25) is 0 Å². The van der Waals surface area contributed by atoms with Crippen molar-refractivity contribution in [3.63, 3.8) is 0 Å². The predicted molar refractivity (Wildman–Crippen MR) is 79.2 cm³/mol. The zero-order valence-corrected chi connectivity index (χ0v) is 12.7. The van der Waals surface area contributed by atoms with Crippen LogP contribution >= 0.6 is 11.3 Å². The second kappa shape index (κ2) is 5.69. The Morgan fingerprint density at radius 2 is 2.33 bits per heavy atom. The SMILES string of the molecule is Cc1noc(C)c1CCC(=O)NCc1cn2ccsc2n1. The molecule has 7 heteroatoms. The summed E-state index contributed by atoms with van der Waals surface area (Å²) >= 11 is 1.58. The minimum Gasteiger partial charge on any atom is -0.361 e. The van der Waals surface area contributed by atoms with Crippen LogP contribution in [0.1, 0.15) is 29.1 Å². The van der Waals surface area contributed by atoms with Gasteiger partial charge >= 0.3 is 0 Å². The van der Waals surface area contributed by atoms with E-state index in [0.29, 0.717) is 19.4 Å². The van der Waals surface area contributed by atoms with Crippen molar-refractivity contribution >= 4 is 22.2 Å². The largest absolute Gasteiger partial charge is 0.361 e. The highest BCUT2D eigenvalue weighted by Crippen LogP contribution is 2.14. The lowest BCUT2D eigenvalue weighted by atomic mass is 10.1. The predicted octanol–water partition coefficient (Wildman–Crippen LogP) is 2.25. The molecule has 0 radical (unpaired) electrons. The van der Waals surface area contributed by atoms with E-state index in [-0.39, 0.29) is 5.91 Å². The van der Waals surface area contributed by atoms with Crippen LogP contribution in [0.4, 0.5) is 0 Å². The Morgan fingerprint density at radius 3 is 3.05 bits per heavy atom. The molecule has 0 spiro atoms. The monoisotopic (exact) mass is 304 g/mol. The molecule has 0 aromatic carbocycles. The summed E-state index contributed by atoms with van der Waals surface area (Å²) in [6, 6.07) is 0. The Morgan fingerprint density at radius 1 is 1.48 bits per heavy atom. The average molecular weight is 304 g/mol. The van der Waals surface area contributed by atoms with Crippen molar-refractivity contribution in [1.29, 1.82) is 0 Å². The van der Waals surface area contributed by atoms with E-state index < -0.39 is 0 Å². The Hall–Kier alpha value is -2.15. The van der Waals surface area contributed by atoms with Crippen LogP contribution in [-0.2, 0) is 17.8 Å². The third-order valence-corrected chi connectivity index (χ3v) is 4.16. The number of fused-ring (bicyclic) bond motifs is 1. The number of rotatable bonds is 5. The fraction of sp³-hybridized carbons (Fsp3) is 0.357. The van der Waals surface area contributed by atoms with Crippen molar-refractivity contribution in [1.82, 2.24) is 19.9 Å². The molecule has 0 fully saturated rings. The van der Waals surface area contributed by atoms with Crippen molar-refractivity contribution in [2.24, 2.45) is 0 Å². The molecule has 3 rings (SSSR count). The second-order valence-corrected chi connectivity index (χ2v) is 5.78. The number of hydrogen-bond acceptors (Lipinski definition) is 5. The lowest BCUT2D eigenvalue weighted by Gasteiger charge is -2.03. The molecule has 110 valence electrons. The van der Waals surface area contributed by atoms with Gasteiger partial charge in [0, 0.05) is 29.8 Å². The molecule has 0 unspecified atom stereocenters. The van der Waals surface area contributed by atoms with E-state index in [4.69, 9.17) is 4.52 Å². The molecule has 1 N–H and O–H groups in total. The molecule has 0 saturated heterocycles. The molecular weight excluding hydrogens is 288 g/mol. The molecule has 0 aliphatic rings. The summed E-state index contributed by atoms with van der Waals surface area (Å²) in [4.78, 5) is 17.3. The summed E-state index contributed by atoms with van der Waals surface area (Å²) < 4.78 is 7.04. The minimum atomic E-state index is 0.00588. The quantitative estimate of drug-likeness (QED) is 0.784. The lowest BCUT2D eigenvalue weighted by Crippen LogP contribution is -2.23. The van der Waals surface area contributed by atoms with Crippen LogP contribution in [0.25, 0.3) is 4.96 Å². The molecule has 6 nitrogen and oxygen atoms in total. The zero-order chi connectivity index (χ0) is 14.8. The normalized spacial score (nSPS) is 11.1. The first-order valence-electron chi connectivity index (χ1n) is 6.73. The number of carbonyl (C=O) groups excluding carboxylic acids is 1. The molecule has 0 saturated carbocycles. The Bertz CT molecular complexity index is 723. The zero-order valence-electron chi connectivity index (χ0n) is 11.9. The van der Waals surface area contributed by atoms with Gasteiger partial charge < -0.3 is 9.84 Å². The van der Waals surface area contributed by atoms with Gasteiger partial charge in [-0.05, 0) is 20.3 Å². The number of nitrogens with one attached hydrogen (secondary N) is 1. The standard InChI is InChI=1S/C14H16N4O2S/c1-9-12(10(2)20-17-9)3-4-13(19)15-7-11-8-18-5-6-21-14(18)16-11/h5-6,8H,3-4,7H2,1-2H3,(H,15,19). The van der Waals surface area contributed by atoms with E-state index in [1.54, 1.807) is 11.3 Å². The highest BCUT2D eigenvalue weighted by Gasteiger charge is 2.11. The number of imidazole rings is 1. The van der Waals surface area contributed by atoms with Gasteiger partial charge in [0.1, 0.15) is 5.76 Å². The Kier molecular flexibility index (Phi) is 3.74. The number of aryl methyl sites for hydroxylation is 2. The third kappa shape index (κ3) is 2.97.